The summed E-state index contributed by atoms with van der Waals surface area (Å²) in [5.41, 5.74) is 0. The minimum atomic E-state index is -0.854. The van der Waals surface area contributed by atoms with Crippen molar-refractivity contribution < 1.29 is 19.7 Å². The van der Waals surface area contributed by atoms with Gasteiger partial charge in [-0.2, -0.15) is 0 Å². The van der Waals surface area contributed by atoms with E-state index in [2.05, 4.69) is 6.92 Å². The highest BCUT2D eigenvalue weighted by molar-refractivity contribution is 4.86. The molecule has 0 saturated carbocycles. The molecule has 4 nitrogen and oxygen atoms in total. The maximum absolute atomic E-state index is 9.75. The molecular weight excluding hydrogens is 232 g/mol. The fourth-order valence-electron chi connectivity index (χ4n) is 2.47. The third kappa shape index (κ3) is 4.84. The van der Waals surface area contributed by atoms with E-state index in [0.29, 0.717) is 0 Å². The fraction of sp³-hybridized carbons (Fsp3) is 1.00. The van der Waals surface area contributed by atoms with Crippen LogP contribution in [-0.2, 0) is 9.47 Å². The van der Waals surface area contributed by atoms with Crippen LogP contribution in [0, 0.1) is 0 Å². The van der Waals surface area contributed by atoms with Gasteiger partial charge >= 0.3 is 0 Å². The average Bonchev–Trinajstić information content (AvgIpc) is 2.63. The van der Waals surface area contributed by atoms with Gasteiger partial charge in [0.25, 0.3) is 0 Å². The van der Waals surface area contributed by atoms with Crippen molar-refractivity contribution in [2.45, 2.75) is 83.4 Å². The van der Waals surface area contributed by atoms with E-state index in [1.165, 1.54) is 25.7 Å². The van der Waals surface area contributed by atoms with Crippen LogP contribution < -0.4 is 0 Å². The predicted octanol–water partition coefficient (Wildman–Crippen LogP) is 2.22. The third-order valence-corrected chi connectivity index (χ3v) is 3.38. The predicted molar refractivity (Wildman–Crippen MR) is 70.3 cm³/mol. The average molecular weight is 260 g/mol. The largest absolute Gasteiger partial charge is 0.394 e. The Morgan fingerprint density at radius 2 is 1.78 bits per heavy atom. The monoisotopic (exact) mass is 260 g/mol. The van der Waals surface area contributed by atoms with Crippen LogP contribution in [0.3, 0.4) is 0 Å². The standard InChI is InChI=1S/C14H28O4/c1-4-5-6-7-8-9-12-13(11(16)10-15)18-14(2,3)17-12/h11-13,15-16H,4-10H2,1-3H3/t11-,12+,13+/m0/s1. The molecule has 0 unspecified atom stereocenters. The molecule has 0 aliphatic carbocycles. The normalized spacial score (nSPS) is 28.5. The van der Waals surface area contributed by atoms with E-state index in [1.807, 2.05) is 13.8 Å². The summed E-state index contributed by atoms with van der Waals surface area (Å²) < 4.78 is 11.5. The van der Waals surface area contributed by atoms with Crippen molar-refractivity contribution in [1.29, 1.82) is 0 Å². The van der Waals surface area contributed by atoms with Crippen molar-refractivity contribution in [1.82, 2.24) is 0 Å². The highest BCUT2D eigenvalue weighted by Crippen LogP contribution is 2.32. The van der Waals surface area contributed by atoms with E-state index >= 15 is 0 Å². The summed E-state index contributed by atoms with van der Waals surface area (Å²) in [6, 6.07) is 0. The second kappa shape index (κ2) is 7.43. The van der Waals surface area contributed by atoms with Crippen LogP contribution in [-0.4, -0.2) is 40.9 Å². The highest BCUT2D eigenvalue weighted by atomic mass is 16.8. The number of rotatable bonds is 8. The van der Waals surface area contributed by atoms with Crippen molar-refractivity contribution in [2.75, 3.05) is 6.61 Å². The lowest BCUT2D eigenvalue weighted by Crippen LogP contribution is -2.37. The molecule has 0 aromatic heterocycles. The number of unbranched alkanes of at least 4 members (excludes halogenated alkanes) is 4. The second-order valence-corrected chi connectivity index (χ2v) is 5.59. The van der Waals surface area contributed by atoms with Crippen LogP contribution in [0.15, 0.2) is 0 Å². The van der Waals surface area contributed by atoms with E-state index < -0.39 is 18.0 Å². The Hall–Kier alpha value is -0.160. The van der Waals surface area contributed by atoms with Gasteiger partial charge < -0.3 is 19.7 Å². The first-order chi connectivity index (χ1) is 8.50. The Labute approximate surface area is 110 Å². The van der Waals surface area contributed by atoms with E-state index in [0.717, 1.165) is 12.8 Å². The Bertz CT molecular complexity index is 230. The van der Waals surface area contributed by atoms with Crippen molar-refractivity contribution in [3.05, 3.63) is 0 Å². The molecule has 0 aromatic rings. The number of aliphatic hydroxyl groups is 2. The Kier molecular flexibility index (Phi) is 6.57. The lowest BCUT2D eigenvalue weighted by Gasteiger charge is -2.20. The summed E-state index contributed by atoms with van der Waals surface area (Å²) in [6.45, 7) is 5.61. The van der Waals surface area contributed by atoms with Crippen molar-refractivity contribution in [3.63, 3.8) is 0 Å². The zero-order valence-corrected chi connectivity index (χ0v) is 11.9. The molecule has 18 heavy (non-hydrogen) atoms. The first-order valence-electron chi connectivity index (χ1n) is 7.14. The van der Waals surface area contributed by atoms with Gasteiger partial charge in [-0.1, -0.05) is 39.0 Å². The molecule has 1 heterocycles. The van der Waals surface area contributed by atoms with Crippen LogP contribution in [0.1, 0.15) is 59.3 Å². The SMILES string of the molecule is CCCCCCC[C@H]1OC(C)(C)O[C@@H]1[C@@H](O)CO. The number of ether oxygens (including phenoxy) is 2. The van der Waals surface area contributed by atoms with E-state index in [-0.39, 0.29) is 12.7 Å². The maximum Gasteiger partial charge on any atom is 0.163 e. The van der Waals surface area contributed by atoms with Gasteiger partial charge in [-0.05, 0) is 20.3 Å². The Balaban J connectivity index is 2.36. The van der Waals surface area contributed by atoms with Gasteiger partial charge in [-0.25, -0.2) is 0 Å². The van der Waals surface area contributed by atoms with Gasteiger partial charge in [0, 0.05) is 0 Å². The summed E-state index contributed by atoms with van der Waals surface area (Å²) in [7, 11) is 0. The molecule has 1 aliphatic heterocycles. The molecule has 0 radical (unpaired) electrons. The molecule has 2 N–H and O–H groups in total. The van der Waals surface area contributed by atoms with E-state index in [4.69, 9.17) is 14.6 Å². The molecule has 0 amide bonds. The third-order valence-electron chi connectivity index (χ3n) is 3.38. The van der Waals surface area contributed by atoms with Gasteiger partial charge in [0.2, 0.25) is 0 Å². The zero-order chi connectivity index (χ0) is 13.6. The molecule has 3 atom stereocenters. The lowest BCUT2D eigenvalue weighted by molar-refractivity contribution is -0.157. The highest BCUT2D eigenvalue weighted by Gasteiger charge is 2.43. The molecule has 1 aliphatic rings. The minimum Gasteiger partial charge on any atom is -0.394 e. The van der Waals surface area contributed by atoms with Crippen LogP contribution in [0.2, 0.25) is 0 Å². The second-order valence-electron chi connectivity index (χ2n) is 5.59. The van der Waals surface area contributed by atoms with Crippen molar-refractivity contribution in [3.8, 4) is 0 Å². The summed E-state index contributed by atoms with van der Waals surface area (Å²) in [6.07, 6.45) is 5.55. The lowest BCUT2D eigenvalue weighted by atomic mass is 10.0. The summed E-state index contributed by atoms with van der Waals surface area (Å²) in [4.78, 5) is 0. The van der Waals surface area contributed by atoms with Gasteiger partial charge in [-0.3, -0.25) is 0 Å². The molecule has 108 valence electrons. The summed E-state index contributed by atoms with van der Waals surface area (Å²) in [5.74, 6) is -0.658. The smallest absolute Gasteiger partial charge is 0.163 e. The van der Waals surface area contributed by atoms with Gasteiger partial charge in [0.1, 0.15) is 12.2 Å². The van der Waals surface area contributed by atoms with Crippen molar-refractivity contribution >= 4 is 0 Å². The molecule has 0 aromatic carbocycles. The Morgan fingerprint density at radius 3 is 2.39 bits per heavy atom. The molecular formula is C14H28O4. The quantitative estimate of drug-likeness (QED) is 0.657. The molecule has 1 fully saturated rings. The molecule has 4 heteroatoms. The molecule has 1 saturated heterocycles. The van der Waals surface area contributed by atoms with Crippen LogP contribution in [0.25, 0.3) is 0 Å². The van der Waals surface area contributed by atoms with Crippen LogP contribution in [0.5, 0.6) is 0 Å². The number of hydrogen-bond donors (Lipinski definition) is 2. The number of hydrogen-bond acceptors (Lipinski definition) is 4. The van der Waals surface area contributed by atoms with Gasteiger partial charge in [0.05, 0.1) is 12.7 Å². The van der Waals surface area contributed by atoms with Crippen LogP contribution >= 0.6 is 0 Å². The van der Waals surface area contributed by atoms with Crippen LogP contribution in [0.4, 0.5) is 0 Å². The molecule has 0 bridgehead atoms. The molecule has 1 rings (SSSR count). The summed E-state index contributed by atoms with van der Waals surface area (Å²) >= 11 is 0. The molecule has 0 spiro atoms. The van der Waals surface area contributed by atoms with E-state index in [1.54, 1.807) is 0 Å². The maximum atomic E-state index is 9.75. The number of aliphatic hydroxyl groups excluding tert-OH is 2. The first kappa shape index (κ1) is 15.9. The van der Waals surface area contributed by atoms with Crippen molar-refractivity contribution in [2.24, 2.45) is 0 Å². The van der Waals surface area contributed by atoms with Gasteiger partial charge in [0.15, 0.2) is 5.79 Å². The zero-order valence-electron chi connectivity index (χ0n) is 11.9. The topological polar surface area (TPSA) is 58.9 Å². The first-order valence-corrected chi connectivity index (χ1v) is 7.14. The summed E-state index contributed by atoms with van der Waals surface area (Å²) in [5, 5.41) is 18.8. The minimum absolute atomic E-state index is 0.108. The van der Waals surface area contributed by atoms with E-state index in [9.17, 15) is 5.11 Å². The van der Waals surface area contributed by atoms with Gasteiger partial charge in [-0.15, -0.1) is 0 Å². The fourth-order valence-corrected chi connectivity index (χ4v) is 2.47. The Morgan fingerprint density at radius 1 is 1.11 bits per heavy atom.